The highest BCUT2D eigenvalue weighted by atomic mass is 16.6. The van der Waals surface area contributed by atoms with E-state index in [4.69, 9.17) is 14.7 Å². The van der Waals surface area contributed by atoms with E-state index < -0.39 is 17.2 Å². The molecule has 0 fully saturated rings. The van der Waals surface area contributed by atoms with Crippen molar-refractivity contribution in [2.45, 2.75) is 38.9 Å². The van der Waals surface area contributed by atoms with E-state index in [9.17, 15) is 10.1 Å². The highest BCUT2D eigenvalue weighted by Gasteiger charge is 2.46. The second-order valence-corrected chi connectivity index (χ2v) is 7.29. The lowest BCUT2D eigenvalue weighted by atomic mass is 9.92. The van der Waals surface area contributed by atoms with Gasteiger partial charge < -0.3 is 14.5 Å². The lowest BCUT2D eigenvalue weighted by molar-refractivity contribution is -0.0298. The maximum Gasteiger partial charge on any atom is 0.355 e. The number of ether oxygens (including phenoxy) is 2. The van der Waals surface area contributed by atoms with Gasteiger partial charge in [-0.05, 0) is 39.8 Å². The van der Waals surface area contributed by atoms with Crippen molar-refractivity contribution >= 4 is 16.9 Å². The summed E-state index contributed by atoms with van der Waals surface area (Å²) < 4.78 is 11.6. The average Bonchev–Trinajstić information content (AvgIpc) is 3.14. The van der Waals surface area contributed by atoms with Gasteiger partial charge in [-0.15, -0.1) is 0 Å². The van der Waals surface area contributed by atoms with Gasteiger partial charge in [0.25, 0.3) is 0 Å². The van der Waals surface area contributed by atoms with Crippen LogP contribution in [-0.4, -0.2) is 22.2 Å². The van der Waals surface area contributed by atoms with Crippen molar-refractivity contribution in [2.75, 3.05) is 0 Å². The number of allylic oxidation sites excluding steroid dienone is 1. The number of nitrogens with one attached hydrogen (secondary N) is 1. The molecule has 6 nitrogen and oxygen atoms in total. The normalized spacial score (nSPS) is 17.5. The molecular formula is C21H19N3O3. The number of hydrogen-bond donors (Lipinski definition) is 1. The molecule has 0 spiro atoms. The number of benzene rings is 1. The number of aromatic nitrogens is 1. The molecule has 0 aliphatic carbocycles. The van der Waals surface area contributed by atoms with Gasteiger partial charge in [0.05, 0.1) is 6.07 Å². The third kappa shape index (κ3) is 3.18. The van der Waals surface area contributed by atoms with Crippen molar-refractivity contribution in [1.29, 1.82) is 10.5 Å². The van der Waals surface area contributed by atoms with Crippen molar-refractivity contribution in [3.05, 3.63) is 59.0 Å². The van der Waals surface area contributed by atoms with Gasteiger partial charge >= 0.3 is 5.97 Å². The third-order valence-electron chi connectivity index (χ3n) is 4.47. The Morgan fingerprint density at radius 2 is 2.00 bits per heavy atom. The molecule has 0 amide bonds. The summed E-state index contributed by atoms with van der Waals surface area (Å²) >= 11 is 0. The van der Waals surface area contributed by atoms with Crippen LogP contribution in [0.3, 0.4) is 0 Å². The number of aromatic amines is 1. The van der Waals surface area contributed by atoms with E-state index in [0.29, 0.717) is 11.3 Å². The summed E-state index contributed by atoms with van der Waals surface area (Å²) in [6.07, 6.45) is 1.29. The van der Waals surface area contributed by atoms with Crippen LogP contribution in [-0.2, 0) is 9.47 Å². The van der Waals surface area contributed by atoms with Crippen molar-refractivity contribution in [2.24, 2.45) is 0 Å². The van der Waals surface area contributed by atoms with Crippen LogP contribution in [0.15, 0.2) is 53.3 Å². The first-order chi connectivity index (χ1) is 12.7. The fraction of sp³-hybridized carbons (Fsp3) is 0.286. The summed E-state index contributed by atoms with van der Waals surface area (Å²) in [7, 11) is 0. The monoisotopic (exact) mass is 361 g/mol. The number of carbonyl (C=O) groups excluding carboxylic acids is 1. The molecule has 0 saturated heterocycles. The molecule has 0 unspecified atom stereocenters. The zero-order valence-electron chi connectivity index (χ0n) is 15.6. The minimum Gasteiger partial charge on any atom is -0.482 e. The molecule has 0 saturated carbocycles. The molecule has 1 aliphatic heterocycles. The maximum atomic E-state index is 12.7. The van der Waals surface area contributed by atoms with E-state index in [1.165, 1.54) is 6.08 Å². The number of nitrogens with zero attached hydrogens (tertiary/aromatic N) is 2. The van der Waals surface area contributed by atoms with Crippen LogP contribution in [0.2, 0.25) is 0 Å². The van der Waals surface area contributed by atoms with Crippen LogP contribution in [0.5, 0.6) is 0 Å². The van der Waals surface area contributed by atoms with Crippen molar-refractivity contribution in [3.63, 3.8) is 0 Å². The minimum absolute atomic E-state index is 0.219. The van der Waals surface area contributed by atoms with Gasteiger partial charge in [0.2, 0.25) is 0 Å². The molecule has 0 atom stereocenters. The van der Waals surface area contributed by atoms with E-state index in [1.807, 2.05) is 30.3 Å². The Kier molecular flexibility index (Phi) is 4.29. The number of rotatable bonds is 3. The van der Waals surface area contributed by atoms with Gasteiger partial charge in [0, 0.05) is 22.6 Å². The third-order valence-corrected chi connectivity index (χ3v) is 4.47. The van der Waals surface area contributed by atoms with Crippen LogP contribution < -0.4 is 0 Å². The number of nitriles is 2. The van der Waals surface area contributed by atoms with Crippen LogP contribution in [0, 0.1) is 22.7 Å². The molecule has 1 aromatic heterocycles. The average molecular weight is 361 g/mol. The molecule has 1 aliphatic rings. The molecule has 27 heavy (non-hydrogen) atoms. The number of esters is 1. The van der Waals surface area contributed by atoms with Crippen LogP contribution in [0.4, 0.5) is 0 Å². The van der Waals surface area contributed by atoms with Crippen LogP contribution >= 0.6 is 0 Å². The summed E-state index contributed by atoms with van der Waals surface area (Å²) in [6.45, 7) is 6.84. The van der Waals surface area contributed by atoms with E-state index in [1.54, 1.807) is 33.8 Å². The SMILES string of the molecule is CC(C)(OC(=O)c1cc2ccccc2[nH]1)C1=C(C#N)/C(=C/C#N)C(C)(C)O1. The van der Waals surface area contributed by atoms with Crippen molar-refractivity contribution < 1.29 is 14.3 Å². The molecule has 6 heteroatoms. The molecule has 0 radical (unpaired) electrons. The second kappa shape index (κ2) is 6.34. The maximum absolute atomic E-state index is 12.7. The molecule has 2 heterocycles. The first-order valence-corrected chi connectivity index (χ1v) is 8.45. The van der Waals surface area contributed by atoms with Crippen LogP contribution in [0.25, 0.3) is 10.9 Å². The smallest absolute Gasteiger partial charge is 0.355 e. The Labute approximate surface area is 157 Å². The first-order valence-electron chi connectivity index (χ1n) is 8.45. The number of fused-ring (bicyclic) bond motifs is 1. The Hall–Kier alpha value is -3.51. The van der Waals surface area contributed by atoms with E-state index in [0.717, 1.165) is 10.9 Å². The molecule has 3 rings (SSSR count). The predicted octanol–water partition coefficient (Wildman–Crippen LogP) is 4.14. The van der Waals surface area contributed by atoms with E-state index in [2.05, 4.69) is 11.1 Å². The minimum atomic E-state index is -1.19. The number of para-hydroxylation sites is 1. The van der Waals surface area contributed by atoms with Crippen molar-refractivity contribution in [1.82, 2.24) is 4.98 Å². The summed E-state index contributed by atoms with van der Waals surface area (Å²) in [5.74, 6) is -0.318. The summed E-state index contributed by atoms with van der Waals surface area (Å²) in [5.41, 5.74) is -0.221. The van der Waals surface area contributed by atoms with Crippen LogP contribution in [0.1, 0.15) is 38.2 Å². The summed E-state index contributed by atoms with van der Waals surface area (Å²) in [4.78, 5) is 15.7. The van der Waals surface area contributed by atoms with Gasteiger partial charge in [-0.2, -0.15) is 10.5 Å². The Balaban J connectivity index is 1.95. The Morgan fingerprint density at radius 1 is 1.30 bits per heavy atom. The standard InChI is InChI=1S/C21H19N3O3/c1-20(2)15(9-10-22)14(12-23)18(26-20)21(3,4)27-19(25)17-11-13-7-5-6-8-16(13)24-17/h5-9,11,24H,1-4H3/b15-9-. The zero-order chi connectivity index (χ0) is 19.8. The van der Waals surface area contributed by atoms with Gasteiger partial charge in [0.1, 0.15) is 22.9 Å². The lowest BCUT2D eigenvalue weighted by Gasteiger charge is -2.29. The highest BCUT2D eigenvalue weighted by Crippen LogP contribution is 2.43. The van der Waals surface area contributed by atoms with E-state index in [-0.39, 0.29) is 11.3 Å². The fourth-order valence-corrected chi connectivity index (χ4v) is 3.15. The Bertz CT molecular complexity index is 1040. The predicted molar refractivity (Wildman–Crippen MR) is 99.3 cm³/mol. The molecular weight excluding hydrogens is 342 g/mol. The number of carbonyl (C=O) groups is 1. The highest BCUT2D eigenvalue weighted by molar-refractivity contribution is 5.95. The molecule has 136 valence electrons. The van der Waals surface area contributed by atoms with Gasteiger partial charge in [0.15, 0.2) is 11.4 Å². The zero-order valence-corrected chi connectivity index (χ0v) is 15.6. The molecule has 1 N–H and O–H groups in total. The topological polar surface area (TPSA) is 98.9 Å². The largest absolute Gasteiger partial charge is 0.482 e. The molecule has 0 bridgehead atoms. The first kappa shape index (κ1) is 18.3. The Morgan fingerprint density at radius 3 is 2.63 bits per heavy atom. The summed E-state index contributed by atoms with van der Waals surface area (Å²) in [6, 6.07) is 13.3. The van der Waals surface area contributed by atoms with Gasteiger partial charge in [-0.1, -0.05) is 18.2 Å². The van der Waals surface area contributed by atoms with Gasteiger partial charge in [-0.3, -0.25) is 0 Å². The molecule has 2 aromatic rings. The number of hydrogen-bond acceptors (Lipinski definition) is 5. The van der Waals surface area contributed by atoms with E-state index >= 15 is 0 Å². The molecule has 1 aromatic carbocycles. The number of H-pyrrole nitrogens is 1. The lowest BCUT2D eigenvalue weighted by Crippen LogP contribution is -2.33. The fourth-order valence-electron chi connectivity index (χ4n) is 3.15. The quantitative estimate of drug-likeness (QED) is 0.654. The van der Waals surface area contributed by atoms with Crippen molar-refractivity contribution in [3.8, 4) is 12.1 Å². The second-order valence-electron chi connectivity index (χ2n) is 7.29. The van der Waals surface area contributed by atoms with Gasteiger partial charge in [-0.25, -0.2) is 4.79 Å². The summed E-state index contributed by atoms with van der Waals surface area (Å²) in [5, 5.41) is 19.5.